The molecule has 0 radical (unpaired) electrons. The highest BCUT2D eigenvalue weighted by Crippen LogP contribution is 2.33. The van der Waals surface area contributed by atoms with Crippen molar-refractivity contribution in [3.05, 3.63) is 52.9 Å². The van der Waals surface area contributed by atoms with Crippen molar-refractivity contribution in [2.45, 2.75) is 58.9 Å². The van der Waals surface area contributed by atoms with Gasteiger partial charge in [-0.2, -0.15) is 0 Å². The van der Waals surface area contributed by atoms with E-state index < -0.39 is 16.3 Å². The van der Waals surface area contributed by atoms with E-state index in [0.29, 0.717) is 0 Å². The minimum absolute atomic E-state index is 0.122. The maximum Gasteiger partial charge on any atom is 0.183 e. The van der Waals surface area contributed by atoms with Crippen molar-refractivity contribution in [3.63, 3.8) is 0 Å². The van der Waals surface area contributed by atoms with E-state index in [2.05, 4.69) is 94.4 Å². The first-order chi connectivity index (χ1) is 10.0. The molecule has 22 heavy (non-hydrogen) atoms. The SMILES string of the molecule is CC(C)(C)N[Si](C)(C1=C([Si](C)(C)C)C=CC1)c1ccccc1. The molecule has 1 aliphatic rings. The van der Waals surface area contributed by atoms with Gasteiger partial charge in [-0.25, -0.2) is 0 Å². The van der Waals surface area contributed by atoms with Gasteiger partial charge in [-0.3, -0.25) is 0 Å². The molecule has 0 spiro atoms. The number of rotatable bonds is 4. The third kappa shape index (κ3) is 3.70. The normalized spacial score (nSPS) is 18.7. The molecule has 0 fully saturated rings. The average molecular weight is 330 g/mol. The molecule has 0 aromatic heterocycles. The molecule has 1 aromatic rings. The Morgan fingerprint density at radius 1 is 0.955 bits per heavy atom. The van der Waals surface area contributed by atoms with Gasteiger partial charge in [0, 0.05) is 5.54 Å². The van der Waals surface area contributed by atoms with Crippen LogP contribution in [0.2, 0.25) is 26.2 Å². The predicted octanol–water partition coefficient (Wildman–Crippen LogP) is 4.53. The van der Waals surface area contributed by atoms with Gasteiger partial charge in [0.15, 0.2) is 8.24 Å². The molecule has 1 aromatic carbocycles. The fraction of sp³-hybridized carbons (Fsp3) is 0.474. The fourth-order valence-corrected chi connectivity index (χ4v) is 11.2. The summed E-state index contributed by atoms with van der Waals surface area (Å²) in [5.41, 5.74) is 0.122. The van der Waals surface area contributed by atoms with E-state index in [0.717, 1.165) is 6.42 Å². The van der Waals surface area contributed by atoms with Crippen LogP contribution in [0.1, 0.15) is 27.2 Å². The molecule has 0 aliphatic heterocycles. The second kappa shape index (κ2) is 5.95. The van der Waals surface area contributed by atoms with Gasteiger partial charge in [-0.1, -0.05) is 72.5 Å². The minimum Gasteiger partial charge on any atom is -0.326 e. The van der Waals surface area contributed by atoms with Gasteiger partial charge < -0.3 is 4.98 Å². The van der Waals surface area contributed by atoms with Gasteiger partial charge in [-0.15, -0.1) is 0 Å². The lowest BCUT2D eigenvalue weighted by Crippen LogP contribution is -2.65. The van der Waals surface area contributed by atoms with E-state index in [1.54, 1.807) is 10.4 Å². The van der Waals surface area contributed by atoms with Crippen LogP contribution in [0, 0.1) is 0 Å². The zero-order valence-corrected chi connectivity index (χ0v) is 17.2. The van der Waals surface area contributed by atoms with Crippen LogP contribution in [0.5, 0.6) is 0 Å². The van der Waals surface area contributed by atoms with Crippen molar-refractivity contribution in [3.8, 4) is 0 Å². The number of allylic oxidation sites excluding steroid dienone is 4. The monoisotopic (exact) mass is 329 g/mol. The first-order valence-electron chi connectivity index (χ1n) is 8.29. The summed E-state index contributed by atoms with van der Waals surface area (Å²) in [6, 6.07) is 11.1. The zero-order valence-electron chi connectivity index (χ0n) is 15.2. The second-order valence-corrected chi connectivity index (χ2v) is 17.3. The molecule has 0 saturated carbocycles. The Kier molecular flexibility index (Phi) is 4.72. The number of nitrogens with one attached hydrogen (secondary N) is 1. The van der Waals surface area contributed by atoms with Crippen LogP contribution in [0.3, 0.4) is 0 Å². The zero-order chi connectivity index (χ0) is 16.6. The third-order valence-electron chi connectivity index (χ3n) is 4.32. The van der Waals surface area contributed by atoms with E-state index in [4.69, 9.17) is 0 Å². The molecule has 120 valence electrons. The summed E-state index contributed by atoms with van der Waals surface area (Å²) >= 11 is 0. The Labute approximate surface area is 138 Å². The Hall–Kier alpha value is -0.906. The lowest BCUT2D eigenvalue weighted by atomic mass is 10.1. The number of benzene rings is 1. The molecule has 1 atom stereocenters. The Morgan fingerprint density at radius 2 is 1.55 bits per heavy atom. The van der Waals surface area contributed by atoms with Crippen molar-refractivity contribution < 1.29 is 0 Å². The molecule has 0 heterocycles. The summed E-state index contributed by atoms with van der Waals surface area (Å²) in [5, 5.41) is 4.87. The lowest BCUT2D eigenvalue weighted by molar-refractivity contribution is 0.515. The van der Waals surface area contributed by atoms with Crippen molar-refractivity contribution in [2.24, 2.45) is 0 Å². The van der Waals surface area contributed by atoms with Crippen LogP contribution < -0.4 is 10.2 Å². The van der Waals surface area contributed by atoms with E-state index in [9.17, 15) is 0 Å². The Bertz CT molecular complexity index is 588. The topological polar surface area (TPSA) is 12.0 Å². The van der Waals surface area contributed by atoms with Crippen LogP contribution in [0.25, 0.3) is 0 Å². The summed E-state index contributed by atoms with van der Waals surface area (Å²) in [6.45, 7) is 16.8. The van der Waals surface area contributed by atoms with Gasteiger partial charge >= 0.3 is 0 Å². The molecule has 3 heteroatoms. The largest absolute Gasteiger partial charge is 0.326 e. The summed E-state index contributed by atoms with van der Waals surface area (Å²) < 4.78 is 0. The summed E-state index contributed by atoms with van der Waals surface area (Å²) in [7, 11) is -3.22. The smallest absolute Gasteiger partial charge is 0.183 e. The molecule has 1 unspecified atom stereocenters. The molecule has 0 bridgehead atoms. The first-order valence-corrected chi connectivity index (χ1v) is 14.3. The molecule has 2 rings (SSSR count). The van der Waals surface area contributed by atoms with Gasteiger partial charge in [-0.05, 0) is 38.9 Å². The predicted molar refractivity (Wildman–Crippen MR) is 105 cm³/mol. The van der Waals surface area contributed by atoms with Gasteiger partial charge in [0.25, 0.3) is 0 Å². The molecular weight excluding hydrogens is 298 g/mol. The summed E-state index contributed by atoms with van der Waals surface area (Å²) in [6.07, 6.45) is 5.92. The summed E-state index contributed by atoms with van der Waals surface area (Å²) in [5.74, 6) is 0. The van der Waals surface area contributed by atoms with E-state index in [-0.39, 0.29) is 5.54 Å². The number of hydrogen-bond donors (Lipinski definition) is 1. The van der Waals surface area contributed by atoms with Crippen LogP contribution in [0.15, 0.2) is 52.9 Å². The van der Waals surface area contributed by atoms with Crippen molar-refractivity contribution in [1.82, 2.24) is 4.98 Å². The standard InChI is InChI=1S/C19H31NSi2/c1-19(2,3)20-22(7,16-12-9-8-10-13-16)18-15-11-14-17(18)21(4,5)6/h8-14,20H,15H2,1-7H3. The Balaban J connectivity index is 2.60. The van der Waals surface area contributed by atoms with Crippen molar-refractivity contribution >= 4 is 21.5 Å². The highest BCUT2D eigenvalue weighted by atomic mass is 28.3. The molecular formula is C19H31NSi2. The van der Waals surface area contributed by atoms with Crippen molar-refractivity contribution in [1.29, 1.82) is 0 Å². The van der Waals surface area contributed by atoms with Crippen LogP contribution in [0.4, 0.5) is 0 Å². The van der Waals surface area contributed by atoms with E-state index in [1.807, 2.05) is 0 Å². The average Bonchev–Trinajstić information content (AvgIpc) is 2.87. The second-order valence-electron chi connectivity index (χ2n) is 8.61. The fourth-order valence-electron chi connectivity index (χ4n) is 3.52. The molecule has 1 nitrogen and oxygen atoms in total. The molecule has 1 N–H and O–H groups in total. The lowest BCUT2D eigenvalue weighted by Gasteiger charge is -2.39. The summed E-state index contributed by atoms with van der Waals surface area (Å²) in [4.78, 5) is 4.06. The molecule has 0 saturated heterocycles. The van der Waals surface area contributed by atoms with E-state index in [1.165, 1.54) is 5.19 Å². The van der Waals surface area contributed by atoms with Gasteiger partial charge in [0.05, 0.1) is 8.07 Å². The highest BCUT2D eigenvalue weighted by molar-refractivity contribution is 6.97. The van der Waals surface area contributed by atoms with Gasteiger partial charge in [0.2, 0.25) is 0 Å². The van der Waals surface area contributed by atoms with Crippen LogP contribution in [-0.4, -0.2) is 21.8 Å². The van der Waals surface area contributed by atoms with Crippen LogP contribution in [-0.2, 0) is 0 Å². The molecule has 1 aliphatic carbocycles. The number of hydrogen-bond acceptors (Lipinski definition) is 1. The molecule has 0 amide bonds. The maximum atomic E-state index is 4.06. The van der Waals surface area contributed by atoms with Crippen LogP contribution >= 0.6 is 0 Å². The highest BCUT2D eigenvalue weighted by Gasteiger charge is 2.41. The van der Waals surface area contributed by atoms with Gasteiger partial charge in [0.1, 0.15) is 0 Å². The quantitative estimate of drug-likeness (QED) is 0.800. The minimum atomic E-state index is -1.90. The maximum absolute atomic E-state index is 4.06. The Morgan fingerprint density at radius 3 is 2.05 bits per heavy atom. The third-order valence-corrected chi connectivity index (χ3v) is 11.1. The van der Waals surface area contributed by atoms with E-state index >= 15 is 0 Å². The van der Waals surface area contributed by atoms with Crippen molar-refractivity contribution in [2.75, 3.05) is 0 Å². The first kappa shape index (κ1) is 17.4.